The lowest BCUT2D eigenvalue weighted by Gasteiger charge is -2.22. The third-order valence-corrected chi connectivity index (χ3v) is 5.59. The van der Waals surface area contributed by atoms with Crippen molar-refractivity contribution in [1.29, 1.82) is 0 Å². The van der Waals surface area contributed by atoms with Crippen LogP contribution in [0.3, 0.4) is 0 Å². The average Bonchev–Trinajstić information content (AvgIpc) is 3.53. The Morgan fingerprint density at radius 2 is 2.00 bits per heavy atom. The van der Waals surface area contributed by atoms with Gasteiger partial charge in [-0.2, -0.15) is 19.9 Å². The van der Waals surface area contributed by atoms with Crippen LogP contribution < -0.4 is 5.32 Å². The highest BCUT2D eigenvalue weighted by molar-refractivity contribution is 5.82. The predicted octanol–water partition coefficient (Wildman–Crippen LogP) is 2.39. The molecule has 4 aromatic heterocycles. The zero-order valence-electron chi connectivity index (χ0n) is 16.9. The molecule has 1 aromatic carbocycles. The number of fused-ring (bicyclic) bond motifs is 2. The van der Waals surface area contributed by atoms with E-state index in [0.717, 1.165) is 48.3 Å². The summed E-state index contributed by atoms with van der Waals surface area (Å²) in [5, 5.41) is 21.6. The molecule has 1 fully saturated rings. The third kappa shape index (κ3) is 3.19. The summed E-state index contributed by atoms with van der Waals surface area (Å²) in [6.07, 6.45) is 9.21. The Morgan fingerprint density at radius 1 is 1.10 bits per heavy atom. The molecule has 0 unspecified atom stereocenters. The molecule has 5 heterocycles. The largest absolute Gasteiger partial charge is 0.381 e. The Bertz CT molecular complexity index is 1380. The van der Waals surface area contributed by atoms with Crippen LogP contribution in [0.4, 0.5) is 11.6 Å². The minimum absolute atomic E-state index is 0.361. The Kier molecular flexibility index (Phi) is 4.13. The van der Waals surface area contributed by atoms with Crippen LogP contribution in [-0.4, -0.2) is 57.7 Å². The number of anilines is 2. The highest BCUT2D eigenvalue weighted by Gasteiger charge is 2.17. The van der Waals surface area contributed by atoms with Gasteiger partial charge < -0.3 is 10.1 Å². The molecule has 0 bridgehead atoms. The molecule has 0 aliphatic carbocycles. The number of aromatic nitrogens is 9. The van der Waals surface area contributed by atoms with E-state index < -0.39 is 0 Å². The van der Waals surface area contributed by atoms with Crippen molar-refractivity contribution in [2.75, 3.05) is 18.5 Å². The first-order valence-corrected chi connectivity index (χ1v) is 10.1. The number of hydrogen-bond donors (Lipinski definition) is 1. The summed E-state index contributed by atoms with van der Waals surface area (Å²) in [5.41, 5.74) is 3.94. The molecule has 0 spiro atoms. The van der Waals surface area contributed by atoms with E-state index in [1.54, 1.807) is 17.1 Å². The second-order valence-corrected chi connectivity index (χ2v) is 7.59. The van der Waals surface area contributed by atoms with Gasteiger partial charge in [0.1, 0.15) is 0 Å². The molecule has 11 nitrogen and oxygen atoms in total. The zero-order valence-corrected chi connectivity index (χ0v) is 16.9. The molecule has 0 saturated carbocycles. The van der Waals surface area contributed by atoms with Crippen molar-refractivity contribution < 1.29 is 4.74 Å². The maximum atomic E-state index is 5.43. The molecule has 0 amide bonds. The first-order chi connectivity index (χ1) is 15.2. The molecule has 0 atom stereocenters. The van der Waals surface area contributed by atoms with Crippen molar-refractivity contribution in [1.82, 2.24) is 44.5 Å². The smallest absolute Gasteiger partial charge is 0.229 e. The molecule has 11 heteroatoms. The van der Waals surface area contributed by atoms with Crippen LogP contribution in [0.25, 0.3) is 27.8 Å². The summed E-state index contributed by atoms with van der Waals surface area (Å²) in [4.78, 5) is 9.03. The van der Waals surface area contributed by atoms with E-state index in [0.29, 0.717) is 23.2 Å². The summed E-state index contributed by atoms with van der Waals surface area (Å²) in [7, 11) is 1.91. The zero-order chi connectivity index (χ0) is 20.8. The summed E-state index contributed by atoms with van der Waals surface area (Å²) in [5.74, 6) is 0.462. The fraction of sp³-hybridized carbons (Fsp3) is 0.300. The number of aryl methyl sites for hydroxylation is 1. The van der Waals surface area contributed by atoms with Crippen molar-refractivity contribution in [2.24, 2.45) is 7.05 Å². The van der Waals surface area contributed by atoms with Crippen LogP contribution in [0.15, 0.2) is 43.0 Å². The SMILES string of the molecule is Cn1ncc2ccc(-n3nnc4cnc(Nc5cnn(C6CCOCC6)c5)nc43)cc21. The number of hydrogen-bond acceptors (Lipinski definition) is 8. The van der Waals surface area contributed by atoms with Crippen LogP contribution in [-0.2, 0) is 11.8 Å². The molecular weight excluding hydrogens is 396 g/mol. The standard InChI is InChI=1S/C20H20N10O/c1-28-18-8-16(3-2-13(18)9-22-28)30-19-17(26-27-30)11-21-20(25-19)24-14-10-23-29(12-14)15-4-6-31-7-5-15/h2-3,8-12,15H,4-7H2,1H3,(H,21,24,25). The van der Waals surface area contributed by atoms with Gasteiger partial charge in [-0.15, -0.1) is 5.10 Å². The van der Waals surface area contributed by atoms with E-state index in [4.69, 9.17) is 4.74 Å². The van der Waals surface area contributed by atoms with E-state index >= 15 is 0 Å². The summed E-state index contributed by atoms with van der Waals surface area (Å²) >= 11 is 0. The fourth-order valence-corrected chi connectivity index (χ4v) is 3.91. The molecule has 1 aliphatic rings. The number of rotatable bonds is 4. The Morgan fingerprint density at radius 3 is 2.90 bits per heavy atom. The maximum absolute atomic E-state index is 5.43. The summed E-state index contributed by atoms with van der Waals surface area (Å²) in [6, 6.07) is 6.37. The molecule has 1 saturated heterocycles. The topological polar surface area (TPSA) is 113 Å². The van der Waals surface area contributed by atoms with Gasteiger partial charge in [0, 0.05) is 31.8 Å². The van der Waals surface area contributed by atoms with E-state index in [1.807, 2.05) is 47.0 Å². The average molecular weight is 416 g/mol. The van der Waals surface area contributed by atoms with E-state index in [2.05, 4.69) is 35.8 Å². The van der Waals surface area contributed by atoms with Gasteiger partial charge in [0.2, 0.25) is 5.95 Å². The predicted molar refractivity (Wildman–Crippen MR) is 113 cm³/mol. The van der Waals surface area contributed by atoms with Gasteiger partial charge in [0.25, 0.3) is 0 Å². The lowest BCUT2D eigenvalue weighted by atomic mass is 10.1. The fourth-order valence-electron chi connectivity index (χ4n) is 3.91. The van der Waals surface area contributed by atoms with Gasteiger partial charge in [-0.3, -0.25) is 9.36 Å². The van der Waals surface area contributed by atoms with Crippen molar-refractivity contribution >= 4 is 33.7 Å². The minimum atomic E-state index is 0.361. The van der Waals surface area contributed by atoms with E-state index in [9.17, 15) is 0 Å². The van der Waals surface area contributed by atoms with Crippen LogP contribution in [0.5, 0.6) is 0 Å². The lowest BCUT2D eigenvalue weighted by Crippen LogP contribution is -2.19. The number of nitrogens with zero attached hydrogens (tertiary/aromatic N) is 9. The normalized spacial score (nSPS) is 15.1. The molecule has 31 heavy (non-hydrogen) atoms. The Labute approximate surface area is 176 Å². The lowest BCUT2D eigenvalue weighted by molar-refractivity contribution is 0.0662. The van der Waals surface area contributed by atoms with Gasteiger partial charge in [0.05, 0.1) is 41.5 Å². The Balaban J connectivity index is 1.31. The molecular formula is C20H20N10O. The van der Waals surface area contributed by atoms with E-state index in [1.165, 1.54) is 0 Å². The van der Waals surface area contributed by atoms with E-state index in [-0.39, 0.29) is 0 Å². The van der Waals surface area contributed by atoms with Crippen LogP contribution in [0.1, 0.15) is 18.9 Å². The van der Waals surface area contributed by atoms with Crippen LogP contribution >= 0.6 is 0 Å². The Hall–Kier alpha value is -3.86. The van der Waals surface area contributed by atoms with Crippen LogP contribution in [0, 0.1) is 0 Å². The van der Waals surface area contributed by atoms with Crippen molar-refractivity contribution in [3.63, 3.8) is 0 Å². The number of ether oxygens (including phenoxy) is 1. The quantitative estimate of drug-likeness (QED) is 0.475. The highest BCUT2D eigenvalue weighted by atomic mass is 16.5. The van der Waals surface area contributed by atoms with Gasteiger partial charge >= 0.3 is 0 Å². The first kappa shape index (κ1) is 18.0. The van der Waals surface area contributed by atoms with Gasteiger partial charge in [-0.1, -0.05) is 5.21 Å². The number of benzene rings is 1. The van der Waals surface area contributed by atoms with Gasteiger partial charge in [-0.05, 0) is 31.0 Å². The van der Waals surface area contributed by atoms with Crippen molar-refractivity contribution in [2.45, 2.75) is 18.9 Å². The maximum Gasteiger partial charge on any atom is 0.229 e. The van der Waals surface area contributed by atoms with Gasteiger partial charge in [0.15, 0.2) is 11.2 Å². The second-order valence-electron chi connectivity index (χ2n) is 7.59. The first-order valence-electron chi connectivity index (χ1n) is 10.1. The highest BCUT2D eigenvalue weighted by Crippen LogP contribution is 2.24. The van der Waals surface area contributed by atoms with Gasteiger partial charge in [-0.25, -0.2) is 4.98 Å². The molecule has 5 aromatic rings. The summed E-state index contributed by atoms with van der Waals surface area (Å²) in [6.45, 7) is 1.54. The van der Waals surface area contributed by atoms with Crippen LogP contribution in [0.2, 0.25) is 0 Å². The van der Waals surface area contributed by atoms with Crippen molar-refractivity contribution in [3.05, 3.63) is 43.0 Å². The summed E-state index contributed by atoms with van der Waals surface area (Å²) < 4.78 is 11.0. The number of nitrogens with one attached hydrogen (secondary N) is 1. The molecule has 0 radical (unpaired) electrons. The minimum Gasteiger partial charge on any atom is -0.381 e. The third-order valence-electron chi connectivity index (χ3n) is 5.59. The van der Waals surface area contributed by atoms with Crippen molar-refractivity contribution in [3.8, 4) is 5.69 Å². The molecule has 1 aliphatic heterocycles. The molecule has 1 N–H and O–H groups in total. The second kappa shape index (κ2) is 7.13. The molecule has 6 rings (SSSR count). The monoisotopic (exact) mass is 416 g/mol. The molecule has 156 valence electrons.